The highest BCUT2D eigenvalue weighted by Gasteiger charge is 2.27. The van der Waals surface area contributed by atoms with Gasteiger partial charge in [0.15, 0.2) is 0 Å². The van der Waals surface area contributed by atoms with Gasteiger partial charge in [0.1, 0.15) is 6.04 Å². The molecule has 1 aromatic rings. The Hall–Kier alpha value is -1.51. The van der Waals surface area contributed by atoms with Crippen LogP contribution in [-0.4, -0.2) is 23.7 Å². The summed E-state index contributed by atoms with van der Waals surface area (Å²) in [4.78, 5) is 13.2. The predicted octanol–water partition coefficient (Wildman–Crippen LogP) is 2.62. The summed E-state index contributed by atoms with van der Waals surface area (Å²) in [5, 5.41) is 9.26. The maximum absolute atomic E-state index is 11.3. The number of benzene rings is 1. The lowest BCUT2D eigenvalue weighted by molar-refractivity contribution is -0.139. The number of hydrogen-bond acceptors (Lipinski definition) is 2. The van der Waals surface area contributed by atoms with Crippen molar-refractivity contribution in [2.45, 2.75) is 26.8 Å². The Kier molecular flexibility index (Phi) is 4.35. The first-order chi connectivity index (χ1) is 7.57. The van der Waals surface area contributed by atoms with Crippen molar-refractivity contribution in [3.63, 3.8) is 0 Å². The van der Waals surface area contributed by atoms with E-state index in [2.05, 4.69) is 0 Å². The molecule has 1 N–H and O–H groups in total. The first-order valence-corrected chi connectivity index (χ1v) is 5.62. The SMILES string of the molecule is CCN(c1ccccc1)C(C(=O)O)C(C)C. The van der Waals surface area contributed by atoms with Crippen LogP contribution in [0.1, 0.15) is 20.8 Å². The van der Waals surface area contributed by atoms with E-state index in [-0.39, 0.29) is 5.92 Å². The van der Waals surface area contributed by atoms with Gasteiger partial charge in [0, 0.05) is 12.2 Å². The quantitative estimate of drug-likeness (QED) is 0.831. The van der Waals surface area contributed by atoms with Crippen molar-refractivity contribution >= 4 is 11.7 Å². The molecule has 1 atom stereocenters. The summed E-state index contributed by atoms with van der Waals surface area (Å²) < 4.78 is 0. The summed E-state index contributed by atoms with van der Waals surface area (Å²) in [5.41, 5.74) is 0.964. The van der Waals surface area contributed by atoms with Crippen molar-refractivity contribution in [3.8, 4) is 0 Å². The van der Waals surface area contributed by atoms with Crippen molar-refractivity contribution in [1.29, 1.82) is 0 Å². The van der Waals surface area contributed by atoms with E-state index in [0.29, 0.717) is 6.54 Å². The van der Waals surface area contributed by atoms with E-state index < -0.39 is 12.0 Å². The second kappa shape index (κ2) is 5.54. The van der Waals surface area contributed by atoms with Gasteiger partial charge in [-0.15, -0.1) is 0 Å². The van der Waals surface area contributed by atoms with Gasteiger partial charge in [-0.25, -0.2) is 4.79 Å². The molecule has 3 heteroatoms. The van der Waals surface area contributed by atoms with E-state index in [9.17, 15) is 9.90 Å². The summed E-state index contributed by atoms with van der Waals surface area (Å²) in [6, 6.07) is 9.22. The maximum atomic E-state index is 11.3. The van der Waals surface area contributed by atoms with Crippen LogP contribution in [-0.2, 0) is 4.79 Å². The molecular weight excluding hydrogens is 202 g/mol. The van der Waals surface area contributed by atoms with Gasteiger partial charge in [-0.2, -0.15) is 0 Å². The average molecular weight is 221 g/mol. The maximum Gasteiger partial charge on any atom is 0.326 e. The summed E-state index contributed by atoms with van der Waals surface area (Å²) in [5.74, 6) is -0.682. The minimum absolute atomic E-state index is 0.0812. The first-order valence-electron chi connectivity index (χ1n) is 5.62. The molecule has 0 aliphatic heterocycles. The zero-order valence-corrected chi connectivity index (χ0v) is 10.1. The molecule has 3 nitrogen and oxygen atoms in total. The number of carboxylic acid groups (broad SMARTS) is 1. The van der Waals surface area contributed by atoms with Crippen LogP contribution in [0.2, 0.25) is 0 Å². The third-order valence-corrected chi connectivity index (χ3v) is 2.65. The van der Waals surface area contributed by atoms with Crippen molar-refractivity contribution in [2.24, 2.45) is 5.92 Å². The minimum atomic E-state index is -0.763. The van der Waals surface area contributed by atoms with E-state index in [0.717, 1.165) is 5.69 Å². The highest BCUT2D eigenvalue weighted by molar-refractivity contribution is 5.78. The number of carboxylic acids is 1. The van der Waals surface area contributed by atoms with Crippen LogP contribution >= 0.6 is 0 Å². The molecule has 0 aliphatic rings. The Labute approximate surface area is 96.7 Å². The summed E-state index contributed by atoms with van der Waals surface area (Å²) in [7, 11) is 0. The molecule has 0 fully saturated rings. The summed E-state index contributed by atoms with van der Waals surface area (Å²) in [6.07, 6.45) is 0. The largest absolute Gasteiger partial charge is 0.480 e. The zero-order valence-electron chi connectivity index (χ0n) is 10.1. The second-order valence-corrected chi connectivity index (χ2v) is 4.15. The molecule has 0 amide bonds. The first kappa shape index (κ1) is 12.6. The van der Waals surface area contributed by atoms with Gasteiger partial charge >= 0.3 is 5.97 Å². The lowest BCUT2D eigenvalue weighted by Gasteiger charge is -2.32. The Bertz CT molecular complexity index is 335. The number of carbonyl (C=O) groups is 1. The fourth-order valence-corrected chi connectivity index (χ4v) is 1.94. The van der Waals surface area contributed by atoms with Crippen molar-refractivity contribution in [2.75, 3.05) is 11.4 Å². The molecule has 0 spiro atoms. The van der Waals surface area contributed by atoms with Gasteiger partial charge in [0.2, 0.25) is 0 Å². The molecule has 1 rings (SSSR count). The summed E-state index contributed by atoms with van der Waals surface area (Å²) in [6.45, 7) is 6.54. The molecule has 1 aromatic carbocycles. The highest BCUT2D eigenvalue weighted by Crippen LogP contribution is 2.20. The number of likely N-dealkylation sites (N-methyl/N-ethyl adjacent to an activating group) is 1. The van der Waals surface area contributed by atoms with Crippen LogP contribution in [0.15, 0.2) is 30.3 Å². The third-order valence-electron chi connectivity index (χ3n) is 2.65. The van der Waals surface area contributed by atoms with Crippen LogP contribution < -0.4 is 4.90 Å². The number of nitrogens with zero attached hydrogens (tertiary/aromatic N) is 1. The van der Waals surface area contributed by atoms with Crippen LogP contribution in [0.25, 0.3) is 0 Å². The Morgan fingerprint density at radius 1 is 1.31 bits per heavy atom. The normalized spacial score (nSPS) is 12.5. The molecule has 0 aliphatic carbocycles. The van der Waals surface area contributed by atoms with Gasteiger partial charge in [-0.1, -0.05) is 32.0 Å². The molecular formula is C13H19NO2. The van der Waals surface area contributed by atoms with Crippen LogP contribution in [0, 0.1) is 5.92 Å². The molecule has 0 saturated heterocycles. The van der Waals surface area contributed by atoms with E-state index in [1.54, 1.807) is 0 Å². The van der Waals surface area contributed by atoms with E-state index in [1.807, 2.05) is 56.0 Å². The molecule has 0 saturated carbocycles. The molecule has 0 radical (unpaired) electrons. The number of anilines is 1. The monoisotopic (exact) mass is 221 g/mol. The Balaban J connectivity index is 3.00. The number of rotatable bonds is 5. The van der Waals surface area contributed by atoms with Gasteiger partial charge in [0.05, 0.1) is 0 Å². The van der Waals surface area contributed by atoms with Crippen LogP contribution in [0.4, 0.5) is 5.69 Å². The predicted molar refractivity (Wildman–Crippen MR) is 65.7 cm³/mol. The Morgan fingerprint density at radius 3 is 2.25 bits per heavy atom. The second-order valence-electron chi connectivity index (χ2n) is 4.15. The van der Waals surface area contributed by atoms with Crippen molar-refractivity contribution in [3.05, 3.63) is 30.3 Å². The third kappa shape index (κ3) is 2.75. The average Bonchev–Trinajstić information content (AvgIpc) is 2.25. The fraction of sp³-hybridized carbons (Fsp3) is 0.462. The fourth-order valence-electron chi connectivity index (χ4n) is 1.94. The van der Waals surface area contributed by atoms with Crippen LogP contribution in [0.5, 0.6) is 0 Å². The van der Waals surface area contributed by atoms with E-state index >= 15 is 0 Å². The number of aliphatic carboxylic acids is 1. The number of para-hydroxylation sites is 1. The minimum Gasteiger partial charge on any atom is -0.480 e. The van der Waals surface area contributed by atoms with Crippen LogP contribution in [0.3, 0.4) is 0 Å². The van der Waals surface area contributed by atoms with Gasteiger partial charge in [-0.3, -0.25) is 0 Å². The molecule has 0 aromatic heterocycles. The smallest absolute Gasteiger partial charge is 0.326 e. The molecule has 0 heterocycles. The molecule has 88 valence electrons. The van der Waals surface area contributed by atoms with Gasteiger partial charge in [0.25, 0.3) is 0 Å². The van der Waals surface area contributed by atoms with E-state index in [1.165, 1.54) is 0 Å². The van der Waals surface area contributed by atoms with E-state index in [4.69, 9.17) is 0 Å². The molecule has 16 heavy (non-hydrogen) atoms. The lowest BCUT2D eigenvalue weighted by Crippen LogP contribution is -2.44. The number of hydrogen-bond donors (Lipinski definition) is 1. The van der Waals surface area contributed by atoms with Gasteiger partial charge in [-0.05, 0) is 25.0 Å². The Morgan fingerprint density at radius 2 is 1.88 bits per heavy atom. The summed E-state index contributed by atoms with van der Waals surface area (Å²) >= 11 is 0. The standard InChI is InChI=1S/C13H19NO2/c1-4-14(11-8-6-5-7-9-11)12(10(2)3)13(15)16/h5-10,12H,4H2,1-3H3,(H,15,16). The molecule has 1 unspecified atom stereocenters. The van der Waals surface area contributed by atoms with Gasteiger partial charge < -0.3 is 10.0 Å². The zero-order chi connectivity index (χ0) is 12.1. The van der Waals surface area contributed by atoms with Crippen molar-refractivity contribution in [1.82, 2.24) is 0 Å². The topological polar surface area (TPSA) is 40.5 Å². The highest BCUT2D eigenvalue weighted by atomic mass is 16.4. The van der Waals surface area contributed by atoms with Crippen molar-refractivity contribution < 1.29 is 9.90 Å². The lowest BCUT2D eigenvalue weighted by atomic mass is 10.0. The molecule has 0 bridgehead atoms.